The quantitative estimate of drug-likeness (QED) is 0.838. The van der Waals surface area contributed by atoms with Gasteiger partial charge in [-0.1, -0.05) is 0 Å². The van der Waals surface area contributed by atoms with Crippen LogP contribution in [0.25, 0.3) is 0 Å². The number of anilines is 1. The van der Waals surface area contributed by atoms with Crippen molar-refractivity contribution in [1.82, 2.24) is 4.72 Å². The molecule has 1 fully saturated rings. The van der Waals surface area contributed by atoms with Crippen molar-refractivity contribution in [2.45, 2.75) is 57.1 Å². The van der Waals surface area contributed by atoms with E-state index >= 15 is 0 Å². The molecule has 1 heterocycles. The summed E-state index contributed by atoms with van der Waals surface area (Å²) in [5.41, 5.74) is 7.52. The second-order valence-corrected chi connectivity index (χ2v) is 8.08. The predicted molar refractivity (Wildman–Crippen MR) is 83.7 cm³/mol. The van der Waals surface area contributed by atoms with Crippen LogP contribution in [-0.4, -0.2) is 26.7 Å². The highest BCUT2D eigenvalue weighted by atomic mass is 32.2. The van der Waals surface area contributed by atoms with E-state index in [0.717, 1.165) is 5.56 Å². The summed E-state index contributed by atoms with van der Waals surface area (Å²) in [6.07, 6.45) is 1.34. The Labute approximate surface area is 126 Å². The topological polar surface area (TPSA) is 81.4 Å². The van der Waals surface area contributed by atoms with E-state index in [-0.39, 0.29) is 16.5 Å². The summed E-state index contributed by atoms with van der Waals surface area (Å²) < 4.78 is 33.7. The Morgan fingerprint density at radius 2 is 2.00 bits per heavy atom. The first-order valence-electron chi connectivity index (χ1n) is 7.14. The number of hydrogen-bond acceptors (Lipinski definition) is 4. The molecule has 21 heavy (non-hydrogen) atoms. The lowest BCUT2D eigenvalue weighted by Crippen LogP contribution is -2.45. The minimum Gasteiger partial charge on any atom is -0.398 e. The average Bonchev–Trinajstić information content (AvgIpc) is 2.31. The number of ether oxygens (including phenoxy) is 1. The van der Waals surface area contributed by atoms with Crippen molar-refractivity contribution in [2.75, 3.05) is 12.3 Å². The molecule has 1 atom stereocenters. The molecule has 1 aliphatic heterocycles. The zero-order valence-electron chi connectivity index (χ0n) is 13.1. The van der Waals surface area contributed by atoms with Gasteiger partial charge in [-0.25, -0.2) is 13.1 Å². The van der Waals surface area contributed by atoms with Crippen LogP contribution in [0.1, 0.15) is 37.8 Å². The van der Waals surface area contributed by atoms with E-state index < -0.39 is 10.0 Å². The van der Waals surface area contributed by atoms with Crippen LogP contribution in [0.15, 0.2) is 17.0 Å². The molecule has 0 saturated carbocycles. The molecule has 2 rings (SSSR count). The van der Waals surface area contributed by atoms with E-state index in [1.807, 2.05) is 20.8 Å². The molecule has 3 N–H and O–H groups in total. The van der Waals surface area contributed by atoms with Gasteiger partial charge in [0.05, 0.1) is 10.5 Å². The molecule has 5 nitrogen and oxygen atoms in total. The number of nitrogen functional groups attached to an aromatic ring is 1. The van der Waals surface area contributed by atoms with Gasteiger partial charge in [0.1, 0.15) is 0 Å². The number of nitrogens with one attached hydrogen (secondary N) is 1. The molecular formula is C15H24N2O3S. The fourth-order valence-electron chi connectivity index (χ4n) is 2.75. The van der Waals surface area contributed by atoms with E-state index in [1.165, 1.54) is 0 Å². The van der Waals surface area contributed by atoms with Gasteiger partial charge in [0.2, 0.25) is 10.0 Å². The second-order valence-electron chi connectivity index (χ2n) is 6.40. The van der Waals surface area contributed by atoms with Gasteiger partial charge in [-0.05, 0) is 63.8 Å². The normalized spacial score (nSPS) is 22.2. The Morgan fingerprint density at radius 3 is 2.62 bits per heavy atom. The van der Waals surface area contributed by atoms with Gasteiger partial charge in [0.25, 0.3) is 0 Å². The van der Waals surface area contributed by atoms with E-state index in [4.69, 9.17) is 10.5 Å². The van der Waals surface area contributed by atoms with Crippen molar-refractivity contribution in [2.24, 2.45) is 0 Å². The highest BCUT2D eigenvalue weighted by Crippen LogP contribution is 2.27. The Bertz CT molecular complexity index is 639. The lowest BCUT2D eigenvalue weighted by molar-refractivity contribution is -0.0599. The Kier molecular flexibility index (Phi) is 4.33. The monoisotopic (exact) mass is 312 g/mol. The van der Waals surface area contributed by atoms with Gasteiger partial charge in [-0.15, -0.1) is 0 Å². The molecule has 1 unspecified atom stereocenters. The molecule has 0 bridgehead atoms. The fraction of sp³-hybridized carbons (Fsp3) is 0.600. The molecule has 0 spiro atoms. The van der Waals surface area contributed by atoms with E-state index in [0.29, 0.717) is 30.7 Å². The maximum Gasteiger partial charge on any atom is 0.241 e. The Hall–Kier alpha value is -1.11. The maximum absolute atomic E-state index is 12.6. The molecule has 0 radical (unpaired) electrons. The third kappa shape index (κ3) is 3.75. The van der Waals surface area contributed by atoms with Crippen molar-refractivity contribution >= 4 is 15.7 Å². The number of rotatable bonds is 3. The van der Waals surface area contributed by atoms with Gasteiger partial charge in [-0.2, -0.15) is 0 Å². The van der Waals surface area contributed by atoms with Crippen LogP contribution < -0.4 is 10.5 Å². The fourth-order valence-corrected chi connectivity index (χ4v) is 4.38. The van der Waals surface area contributed by atoms with Crippen LogP contribution >= 0.6 is 0 Å². The molecule has 6 heteroatoms. The first-order chi connectivity index (χ1) is 9.61. The third-order valence-electron chi connectivity index (χ3n) is 3.85. The van der Waals surface area contributed by atoms with Crippen molar-refractivity contribution in [3.8, 4) is 0 Å². The molecule has 1 aromatic carbocycles. The van der Waals surface area contributed by atoms with Crippen LogP contribution in [0.3, 0.4) is 0 Å². The van der Waals surface area contributed by atoms with Crippen LogP contribution in [0.4, 0.5) is 5.69 Å². The first-order valence-corrected chi connectivity index (χ1v) is 8.62. The standard InChI is InChI=1S/C15H24N2O3S/c1-10-7-13(16)11(2)14(8-10)21(18,19)17-12-5-6-20-15(3,4)9-12/h7-8,12,17H,5-6,9,16H2,1-4H3. The largest absolute Gasteiger partial charge is 0.398 e. The highest BCUT2D eigenvalue weighted by molar-refractivity contribution is 7.89. The molecule has 0 aliphatic carbocycles. The summed E-state index contributed by atoms with van der Waals surface area (Å²) >= 11 is 0. The second kappa shape index (κ2) is 5.59. The van der Waals surface area contributed by atoms with Crippen molar-refractivity contribution < 1.29 is 13.2 Å². The zero-order valence-corrected chi connectivity index (χ0v) is 13.9. The van der Waals surface area contributed by atoms with Gasteiger partial charge in [-0.3, -0.25) is 0 Å². The Balaban J connectivity index is 2.27. The van der Waals surface area contributed by atoms with Crippen LogP contribution in [-0.2, 0) is 14.8 Å². The minimum atomic E-state index is -3.57. The summed E-state index contributed by atoms with van der Waals surface area (Å²) in [6, 6.07) is 3.34. The SMILES string of the molecule is Cc1cc(N)c(C)c(S(=O)(=O)NC2CCOC(C)(C)C2)c1. The molecule has 118 valence electrons. The summed E-state index contributed by atoms with van der Waals surface area (Å²) in [4.78, 5) is 0.268. The summed E-state index contributed by atoms with van der Waals surface area (Å²) in [5, 5.41) is 0. The number of nitrogens with two attached hydrogens (primary N) is 1. The first kappa shape index (κ1) is 16.3. The summed E-state index contributed by atoms with van der Waals surface area (Å²) in [6.45, 7) is 8.09. The van der Waals surface area contributed by atoms with Crippen molar-refractivity contribution in [3.63, 3.8) is 0 Å². The van der Waals surface area contributed by atoms with Gasteiger partial charge >= 0.3 is 0 Å². The highest BCUT2D eigenvalue weighted by Gasteiger charge is 2.32. The molecular weight excluding hydrogens is 288 g/mol. The van der Waals surface area contributed by atoms with Gasteiger partial charge in [0, 0.05) is 18.3 Å². The average molecular weight is 312 g/mol. The van der Waals surface area contributed by atoms with Crippen molar-refractivity contribution in [1.29, 1.82) is 0 Å². The molecule has 0 aromatic heterocycles. The number of benzene rings is 1. The summed E-state index contributed by atoms with van der Waals surface area (Å²) in [5.74, 6) is 0. The van der Waals surface area contributed by atoms with E-state index in [1.54, 1.807) is 19.1 Å². The van der Waals surface area contributed by atoms with E-state index in [2.05, 4.69) is 4.72 Å². The zero-order chi connectivity index (χ0) is 15.8. The lowest BCUT2D eigenvalue weighted by Gasteiger charge is -2.35. The lowest BCUT2D eigenvalue weighted by atomic mass is 9.95. The number of aryl methyl sites for hydroxylation is 1. The summed E-state index contributed by atoms with van der Waals surface area (Å²) in [7, 11) is -3.57. The Morgan fingerprint density at radius 1 is 1.33 bits per heavy atom. The maximum atomic E-state index is 12.6. The van der Waals surface area contributed by atoms with Gasteiger partial charge < -0.3 is 10.5 Å². The van der Waals surface area contributed by atoms with Gasteiger partial charge in [0.15, 0.2) is 0 Å². The molecule has 1 aliphatic rings. The molecule has 0 amide bonds. The van der Waals surface area contributed by atoms with Crippen LogP contribution in [0.2, 0.25) is 0 Å². The van der Waals surface area contributed by atoms with Crippen LogP contribution in [0, 0.1) is 13.8 Å². The number of hydrogen-bond donors (Lipinski definition) is 2. The molecule has 1 aromatic rings. The smallest absolute Gasteiger partial charge is 0.241 e. The van der Waals surface area contributed by atoms with E-state index in [9.17, 15) is 8.42 Å². The van der Waals surface area contributed by atoms with Crippen LogP contribution in [0.5, 0.6) is 0 Å². The van der Waals surface area contributed by atoms with Crippen molar-refractivity contribution in [3.05, 3.63) is 23.3 Å². The number of sulfonamides is 1. The predicted octanol–water partition coefficient (Wildman–Crippen LogP) is 2.12. The minimum absolute atomic E-state index is 0.111. The third-order valence-corrected chi connectivity index (χ3v) is 5.50. The molecule has 1 saturated heterocycles.